The lowest BCUT2D eigenvalue weighted by Crippen LogP contribution is -2.19. The number of rotatable bonds is 4. The molecule has 0 saturated carbocycles. The molecular weight excluding hydrogens is 300 g/mol. The second-order valence-electron chi connectivity index (χ2n) is 4.25. The van der Waals surface area contributed by atoms with Gasteiger partial charge in [-0.1, -0.05) is 35.3 Å². The van der Waals surface area contributed by atoms with Gasteiger partial charge in [-0.3, -0.25) is 0 Å². The number of halogens is 3. The van der Waals surface area contributed by atoms with Gasteiger partial charge in [0.15, 0.2) is 0 Å². The maximum Gasteiger partial charge on any atom is 0.124 e. The summed E-state index contributed by atoms with van der Waals surface area (Å²) in [5.41, 5.74) is 1.43. The van der Waals surface area contributed by atoms with Crippen molar-refractivity contribution in [2.24, 2.45) is 0 Å². The predicted molar refractivity (Wildman–Crippen MR) is 80.3 cm³/mol. The van der Waals surface area contributed by atoms with Crippen LogP contribution in [-0.4, -0.2) is 14.2 Å². The zero-order chi connectivity index (χ0) is 14.7. The van der Waals surface area contributed by atoms with Crippen molar-refractivity contribution in [1.82, 2.24) is 5.32 Å². The van der Waals surface area contributed by atoms with Crippen LogP contribution in [0.15, 0.2) is 36.4 Å². The van der Waals surface area contributed by atoms with Crippen molar-refractivity contribution in [2.45, 2.75) is 6.04 Å². The standard InChI is InChI=1S/C15H14Cl2FNO/c1-19-15(10-4-3-5-12(16)14(10)17)11-8-9(18)6-7-13(11)20-2/h3-8,15,19H,1-2H3. The molecule has 0 amide bonds. The van der Waals surface area contributed by atoms with E-state index in [1.807, 2.05) is 6.07 Å². The summed E-state index contributed by atoms with van der Waals surface area (Å²) < 4.78 is 18.8. The van der Waals surface area contributed by atoms with Gasteiger partial charge in [0.05, 0.1) is 23.2 Å². The van der Waals surface area contributed by atoms with E-state index in [1.54, 1.807) is 32.4 Å². The summed E-state index contributed by atoms with van der Waals surface area (Å²) in [5, 5.41) is 4.02. The van der Waals surface area contributed by atoms with Crippen LogP contribution in [0.5, 0.6) is 5.75 Å². The Morgan fingerprint density at radius 2 is 1.90 bits per heavy atom. The smallest absolute Gasteiger partial charge is 0.124 e. The van der Waals surface area contributed by atoms with Crippen molar-refractivity contribution >= 4 is 23.2 Å². The first-order chi connectivity index (χ1) is 9.58. The average molecular weight is 314 g/mol. The molecule has 0 spiro atoms. The molecule has 0 aliphatic rings. The van der Waals surface area contributed by atoms with E-state index in [-0.39, 0.29) is 11.9 Å². The number of ether oxygens (including phenoxy) is 1. The minimum atomic E-state index is -0.334. The zero-order valence-electron chi connectivity index (χ0n) is 11.1. The zero-order valence-corrected chi connectivity index (χ0v) is 12.6. The molecule has 0 aliphatic carbocycles. The van der Waals surface area contributed by atoms with Gasteiger partial charge in [0, 0.05) is 5.56 Å². The molecule has 2 rings (SSSR count). The highest BCUT2D eigenvalue weighted by Crippen LogP contribution is 2.36. The quantitative estimate of drug-likeness (QED) is 0.900. The SMILES string of the molecule is CNC(c1cc(F)ccc1OC)c1cccc(Cl)c1Cl. The molecule has 0 saturated heterocycles. The maximum absolute atomic E-state index is 13.5. The summed E-state index contributed by atoms with van der Waals surface area (Å²) in [6, 6.07) is 9.42. The highest BCUT2D eigenvalue weighted by Gasteiger charge is 2.20. The summed E-state index contributed by atoms with van der Waals surface area (Å²) in [6.45, 7) is 0. The van der Waals surface area contributed by atoms with Crippen LogP contribution in [0.4, 0.5) is 4.39 Å². The van der Waals surface area contributed by atoms with E-state index in [9.17, 15) is 4.39 Å². The molecule has 0 aliphatic heterocycles. The van der Waals surface area contributed by atoms with Crippen molar-refractivity contribution in [2.75, 3.05) is 14.2 Å². The third-order valence-corrected chi connectivity index (χ3v) is 3.92. The maximum atomic E-state index is 13.5. The van der Waals surface area contributed by atoms with E-state index in [2.05, 4.69) is 5.32 Å². The second-order valence-corrected chi connectivity index (χ2v) is 5.04. The Balaban J connectivity index is 2.58. The lowest BCUT2D eigenvalue weighted by atomic mass is 9.97. The highest BCUT2D eigenvalue weighted by molar-refractivity contribution is 6.42. The topological polar surface area (TPSA) is 21.3 Å². The molecule has 0 fully saturated rings. The normalized spacial score (nSPS) is 12.2. The summed E-state index contributed by atoms with van der Waals surface area (Å²) >= 11 is 12.3. The Hall–Kier alpha value is -1.29. The van der Waals surface area contributed by atoms with Gasteiger partial charge in [0.2, 0.25) is 0 Å². The molecule has 106 valence electrons. The minimum Gasteiger partial charge on any atom is -0.496 e. The van der Waals surface area contributed by atoms with E-state index in [4.69, 9.17) is 27.9 Å². The second kappa shape index (κ2) is 6.44. The van der Waals surface area contributed by atoms with Crippen LogP contribution in [0, 0.1) is 5.82 Å². The average Bonchev–Trinajstić information content (AvgIpc) is 2.44. The van der Waals surface area contributed by atoms with Crippen molar-refractivity contribution in [3.05, 3.63) is 63.4 Å². The van der Waals surface area contributed by atoms with Gasteiger partial charge in [-0.25, -0.2) is 4.39 Å². The first-order valence-corrected chi connectivity index (χ1v) is 6.78. The van der Waals surface area contributed by atoms with Crippen molar-refractivity contribution in [3.8, 4) is 5.75 Å². The third kappa shape index (κ3) is 2.90. The minimum absolute atomic E-state index is 0.313. The Bertz CT molecular complexity index is 619. The molecule has 1 N–H and O–H groups in total. The number of nitrogens with one attached hydrogen (secondary N) is 1. The van der Waals surface area contributed by atoms with Gasteiger partial charge in [0.25, 0.3) is 0 Å². The van der Waals surface area contributed by atoms with Crippen LogP contribution >= 0.6 is 23.2 Å². The van der Waals surface area contributed by atoms with Crippen molar-refractivity contribution < 1.29 is 9.13 Å². The van der Waals surface area contributed by atoms with Crippen molar-refractivity contribution in [1.29, 1.82) is 0 Å². The summed E-state index contributed by atoms with van der Waals surface area (Å²) in [6.07, 6.45) is 0. The monoisotopic (exact) mass is 313 g/mol. The molecule has 0 heterocycles. The summed E-state index contributed by atoms with van der Waals surface area (Å²) in [5.74, 6) is 0.251. The molecule has 2 nitrogen and oxygen atoms in total. The van der Waals surface area contributed by atoms with Crippen molar-refractivity contribution in [3.63, 3.8) is 0 Å². The molecule has 1 unspecified atom stereocenters. The summed E-state index contributed by atoms with van der Waals surface area (Å²) in [4.78, 5) is 0. The molecule has 2 aromatic carbocycles. The fraction of sp³-hybridized carbons (Fsp3) is 0.200. The van der Waals surface area contributed by atoms with E-state index in [0.29, 0.717) is 21.4 Å². The van der Waals surface area contributed by atoms with Gasteiger partial charge in [-0.05, 0) is 36.9 Å². The fourth-order valence-corrected chi connectivity index (χ4v) is 2.57. The van der Waals surface area contributed by atoms with Crippen LogP contribution in [-0.2, 0) is 0 Å². The molecular formula is C15H14Cl2FNO. The molecule has 5 heteroatoms. The van der Waals surface area contributed by atoms with E-state index >= 15 is 0 Å². The first kappa shape index (κ1) is 15.1. The Morgan fingerprint density at radius 3 is 2.55 bits per heavy atom. The van der Waals surface area contributed by atoms with Crippen LogP contribution in [0.25, 0.3) is 0 Å². The number of hydrogen-bond acceptors (Lipinski definition) is 2. The Morgan fingerprint density at radius 1 is 1.15 bits per heavy atom. The lowest BCUT2D eigenvalue weighted by molar-refractivity contribution is 0.404. The number of methoxy groups -OCH3 is 1. The van der Waals surface area contributed by atoms with E-state index in [0.717, 1.165) is 5.56 Å². The molecule has 20 heavy (non-hydrogen) atoms. The van der Waals surface area contributed by atoms with Crippen LogP contribution in [0.3, 0.4) is 0 Å². The van der Waals surface area contributed by atoms with E-state index in [1.165, 1.54) is 12.1 Å². The molecule has 0 aromatic heterocycles. The Labute approximate surface area is 127 Å². The third-order valence-electron chi connectivity index (χ3n) is 3.08. The molecule has 1 atom stereocenters. The van der Waals surface area contributed by atoms with Gasteiger partial charge >= 0.3 is 0 Å². The van der Waals surface area contributed by atoms with Crippen LogP contribution < -0.4 is 10.1 Å². The van der Waals surface area contributed by atoms with Crippen LogP contribution in [0.2, 0.25) is 10.0 Å². The summed E-state index contributed by atoms with van der Waals surface area (Å²) in [7, 11) is 3.31. The highest BCUT2D eigenvalue weighted by atomic mass is 35.5. The predicted octanol–water partition coefficient (Wildman–Crippen LogP) is 4.45. The molecule has 0 bridgehead atoms. The largest absolute Gasteiger partial charge is 0.496 e. The van der Waals surface area contributed by atoms with Gasteiger partial charge in [-0.15, -0.1) is 0 Å². The first-order valence-electron chi connectivity index (χ1n) is 6.03. The fourth-order valence-electron chi connectivity index (χ4n) is 2.15. The lowest BCUT2D eigenvalue weighted by Gasteiger charge is -2.21. The van der Waals surface area contributed by atoms with Crippen LogP contribution in [0.1, 0.15) is 17.2 Å². The van der Waals surface area contributed by atoms with Gasteiger partial charge in [0.1, 0.15) is 11.6 Å². The molecule has 2 aromatic rings. The van der Waals surface area contributed by atoms with Gasteiger partial charge < -0.3 is 10.1 Å². The van der Waals surface area contributed by atoms with E-state index < -0.39 is 0 Å². The number of hydrogen-bond donors (Lipinski definition) is 1. The number of benzene rings is 2. The van der Waals surface area contributed by atoms with Gasteiger partial charge in [-0.2, -0.15) is 0 Å². The molecule has 0 radical (unpaired) electrons. The Kier molecular flexibility index (Phi) is 4.86.